The molecule has 1 fully saturated rings. The van der Waals surface area contributed by atoms with Crippen LogP contribution < -0.4 is 4.90 Å². The Morgan fingerprint density at radius 1 is 1.30 bits per heavy atom. The molecule has 3 rings (SSSR count). The number of aromatic nitrogens is 4. The number of hydrogen-bond acceptors (Lipinski definition) is 6. The van der Waals surface area contributed by atoms with Crippen LogP contribution in [0, 0.1) is 0 Å². The molecule has 0 bridgehead atoms. The molecule has 0 saturated carbocycles. The van der Waals surface area contributed by atoms with E-state index in [4.69, 9.17) is 4.52 Å². The van der Waals surface area contributed by atoms with Gasteiger partial charge in [0.05, 0.1) is 0 Å². The zero-order chi connectivity index (χ0) is 13.9. The van der Waals surface area contributed by atoms with Gasteiger partial charge in [-0.25, -0.2) is 9.97 Å². The maximum atomic E-state index is 5.31. The molecule has 2 aromatic heterocycles. The third-order valence-corrected chi connectivity index (χ3v) is 3.57. The summed E-state index contributed by atoms with van der Waals surface area (Å²) in [5.41, 5.74) is 0. The average molecular weight is 273 g/mol. The van der Waals surface area contributed by atoms with Crippen molar-refractivity contribution in [3.8, 4) is 0 Å². The Bertz CT molecular complexity index is 554. The molecule has 1 aliphatic heterocycles. The van der Waals surface area contributed by atoms with Crippen LogP contribution in [-0.2, 0) is 0 Å². The minimum Gasteiger partial charge on any atom is -0.340 e. The second-order valence-corrected chi connectivity index (χ2v) is 5.48. The van der Waals surface area contributed by atoms with Gasteiger partial charge in [-0.1, -0.05) is 19.0 Å². The van der Waals surface area contributed by atoms with Crippen LogP contribution in [0.15, 0.2) is 23.0 Å². The van der Waals surface area contributed by atoms with Crippen molar-refractivity contribution in [3.63, 3.8) is 0 Å². The lowest BCUT2D eigenvalue weighted by Crippen LogP contribution is -2.35. The lowest BCUT2D eigenvalue weighted by Gasteiger charge is -2.31. The molecule has 0 spiro atoms. The highest BCUT2D eigenvalue weighted by Crippen LogP contribution is 2.27. The molecule has 6 nitrogen and oxygen atoms in total. The lowest BCUT2D eigenvalue weighted by atomic mass is 9.97. The van der Waals surface area contributed by atoms with Crippen LogP contribution in [-0.4, -0.2) is 33.2 Å². The van der Waals surface area contributed by atoms with Crippen LogP contribution in [0.1, 0.15) is 50.2 Å². The summed E-state index contributed by atoms with van der Waals surface area (Å²) in [6.45, 7) is 5.95. The first-order chi connectivity index (χ1) is 9.74. The minimum atomic E-state index is 0.272. The fourth-order valence-electron chi connectivity index (χ4n) is 2.47. The van der Waals surface area contributed by atoms with Crippen LogP contribution in [0.2, 0.25) is 0 Å². The topological polar surface area (TPSA) is 67.9 Å². The first-order valence-corrected chi connectivity index (χ1v) is 7.09. The van der Waals surface area contributed by atoms with Crippen LogP contribution in [0.4, 0.5) is 5.95 Å². The van der Waals surface area contributed by atoms with Crippen LogP contribution in [0.5, 0.6) is 0 Å². The molecule has 3 heterocycles. The standard InChI is InChI=1S/C14H19N5O/c1-10(2)13-17-12(18-20-13)11-5-3-8-19(9-11)14-15-6-4-7-16-14/h4,6-7,10-11H,3,5,8-9H2,1-2H3/t11-/m1/s1. The van der Waals surface area contributed by atoms with E-state index in [0.717, 1.165) is 37.7 Å². The van der Waals surface area contributed by atoms with E-state index in [1.165, 1.54) is 0 Å². The Labute approximate surface area is 118 Å². The summed E-state index contributed by atoms with van der Waals surface area (Å²) in [7, 11) is 0. The van der Waals surface area contributed by atoms with Gasteiger partial charge in [0, 0.05) is 37.3 Å². The van der Waals surface area contributed by atoms with Gasteiger partial charge in [-0.05, 0) is 18.9 Å². The van der Waals surface area contributed by atoms with Gasteiger partial charge in [0.1, 0.15) is 0 Å². The van der Waals surface area contributed by atoms with Gasteiger partial charge < -0.3 is 9.42 Å². The van der Waals surface area contributed by atoms with E-state index in [9.17, 15) is 0 Å². The van der Waals surface area contributed by atoms with Gasteiger partial charge in [-0.2, -0.15) is 4.98 Å². The number of nitrogens with zero attached hydrogens (tertiary/aromatic N) is 5. The predicted molar refractivity (Wildman–Crippen MR) is 74.6 cm³/mol. The first kappa shape index (κ1) is 13.0. The monoisotopic (exact) mass is 273 g/mol. The van der Waals surface area contributed by atoms with Crippen molar-refractivity contribution in [1.82, 2.24) is 20.1 Å². The fourth-order valence-corrected chi connectivity index (χ4v) is 2.47. The van der Waals surface area contributed by atoms with Crippen molar-refractivity contribution >= 4 is 5.95 Å². The Morgan fingerprint density at radius 3 is 2.80 bits per heavy atom. The number of hydrogen-bond donors (Lipinski definition) is 0. The Morgan fingerprint density at radius 2 is 2.10 bits per heavy atom. The molecule has 0 aliphatic carbocycles. The van der Waals surface area contributed by atoms with E-state index in [2.05, 4.69) is 38.9 Å². The second kappa shape index (κ2) is 5.56. The molecule has 0 radical (unpaired) electrons. The van der Waals surface area contributed by atoms with Gasteiger partial charge in [0.2, 0.25) is 11.8 Å². The highest BCUT2D eigenvalue weighted by Gasteiger charge is 2.26. The molecule has 0 aromatic carbocycles. The zero-order valence-corrected chi connectivity index (χ0v) is 11.9. The largest absolute Gasteiger partial charge is 0.340 e. The van der Waals surface area contributed by atoms with E-state index in [1.807, 2.05) is 6.07 Å². The van der Waals surface area contributed by atoms with Gasteiger partial charge in [-0.3, -0.25) is 0 Å². The smallest absolute Gasteiger partial charge is 0.229 e. The molecule has 0 unspecified atom stereocenters. The number of anilines is 1. The molecule has 20 heavy (non-hydrogen) atoms. The van der Waals surface area contributed by atoms with E-state index < -0.39 is 0 Å². The number of piperidine rings is 1. The molecule has 1 saturated heterocycles. The van der Waals surface area contributed by atoms with E-state index in [1.54, 1.807) is 12.4 Å². The molecule has 0 amide bonds. The minimum absolute atomic E-state index is 0.272. The maximum Gasteiger partial charge on any atom is 0.229 e. The van der Waals surface area contributed by atoms with Crippen molar-refractivity contribution in [1.29, 1.82) is 0 Å². The van der Waals surface area contributed by atoms with Crippen LogP contribution in [0.25, 0.3) is 0 Å². The van der Waals surface area contributed by atoms with E-state index in [-0.39, 0.29) is 5.92 Å². The Kier molecular flexibility index (Phi) is 3.62. The van der Waals surface area contributed by atoms with Gasteiger partial charge in [0.25, 0.3) is 0 Å². The maximum absolute atomic E-state index is 5.31. The highest BCUT2D eigenvalue weighted by molar-refractivity contribution is 5.30. The average Bonchev–Trinajstić information content (AvgIpc) is 2.98. The normalized spacial score (nSPS) is 19.6. The molecule has 1 aliphatic rings. The van der Waals surface area contributed by atoms with Crippen molar-refractivity contribution in [2.45, 2.75) is 38.5 Å². The molecule has 0 N–H and O–H groups in total. The van der Waals surface area contributed by atoms with Crippen molar-refractivity contribution in [3.05, 3.63) is 30.2 Å². The van der Waals surface area contributed by atoms with Crippen LogP contribution in [0.3, 0.4) is 0 Å². The summed E-state index contributed by atoms with van der Waals surface area (Å²) in [5, 5.41) is 4.14. The Balaban J connectivity index is 1.74. The quantitative estimate of drug-likeness (QED) is 0.855. The summed E-state index contributed by atoms with van der Waals surface area (Å²) in [6, 6.07) is 1.83. The molecular formula is C14H19N5O. The van der Waals surface area contributed by atoms with Crippen molar-refractivity contribution in [2.75, 3.05) is 18.0 Å². The zero-order valence-electron chi connectivity index (χ0n) is 11.9. The SMILES string of the molecule is CC(C)c1nc([C@@H]2CCCN(c3ncccn3)C2)no1. The summed E-state index contributed by atoms with van der Waals surface area (Å²) in [6.07, 6.45) is 5.73. The van der Waals surface area contributed by atoms with Crippen molar-refractivity contribution in [2.24, 2.45) is 0 Å². The molecular weight excluding hydrogens is 254 g/mol. The molecule has 6 heteroatoms. The van der Waals surface area contributed by atoms with E-state index >= 15 is 0 Å². The van der Waals surface area contributed by atoms with Gasteiger partial charge in [0.15, 0.2) is 5.82 Å². The lowest BCUT2D eigenvalue weighted by molar-refractivity contribution is 0.354. The molecule has 106 valence electrons. The first-order valence-electron chi connectivity index (χ1n) is 7.09. The molecule has 1 atom stereocenters. The van der Waals surface area contributed by atoms with E-state index in [0.29, 0.717) is 11.8 Å². The third kappa shape index (κ3) is 2.64. The molecule has 2 aromatic rings. The highest BCUT2D eigenvalue weighted by atomic mass is 16.5. The van der Waals surface area contributed by atoms with Crippen LogP contribution >= 0.6 is 0 Å². The summed E-state index contributed by atoms with van der Waals surface area (Å²) in [5.74, 6) is 2.88. The fraction of sp³-hybridized carbons (Fsp3) is 0.571. The number of rotatable bonds is 3. The van der Waals surface area contributed by atoms with Gasteiger partial charge in [-0.15, -0.1) is 0 Å². The summed E-state index contributed by atoms with van der Waals surface area (Å²) in [4.78, 5) is 15.3. The Hall–Kier alpha value is -1.98. The third-order valence-electron chi connectivity index (χ3n) is 3.57. The van der Waals surface area contributed by atoms with Crippen molar-refractivity contribution < 1.29 is 4.52 Å². The second-order valence-electron chi connectivity index (χ2n) is 5.48. The van der Waals surface area contributed by atoms with Gasteiger partial charge >= 0.3 is 0 Å². The summed E-state index contributed by atoms with van der Waals surface area (Å²) < 4.78 is 5.31. The summed E-state index contributed by atoms with van der Waals surface area (Å²) >= 11 is 0. The predicted octanol–water partition coefficient (Wildman–Crippen LogP) is 2.37.